The van der Waals surface area contributed by atoms with Crippen LogP contribution in [0.4, 0.5) is 0 Å². The molecule has 0 bridgehead atoms. The van der Waals surface area contributed by atoms with Gasteiger partial charge in [0, 0.05) is 11.4 Å². The van der Waals surface area contributed by atoms with Crippen LogP contribution < -0.4 is 5.32 Å². The number of halogens is 1. The minimum Gasteiger partial charge on any atom is -0.350 e. The van der Waals surface area contributed by atoms with Gasteiger partial charge in [0.05, 0.1) is 16.6 Å². The molecule has 1 atom stereocenters. The van der Waals surface area contributed by atoms with Crippen LogP contribution >= 0.6 is 22.9 Å². The quantitative estimate of drug-likeness (QED) is 0.870. The SMILES string of the molecule is O=C(NC[C@H](c1cccs1)N1CCCCC1)c1ccccc1Cl. The number of likely N-dealkylation sites (tertiary alicyclic amines) is 1. The second kappa shape index (κ2) is 7.95. The molecule has 0 saturated carbocycles. The number of thiophene rings is 1. The Morgan fingerprint density at radius 1 is 1.17 bits per heavy atom. The summed E-state index contributed by atoms with van der Waals surface area (Å²) in [5.74, 6) is -0.103. The van der Waals surface area contributed by atoms with Crippen molar-refractivity contribution in [3.05, 3.63) is 57.2 Å². The second-order valence-electron chi connectivity index (χ2n) is 5.82. The molecule has 122 valence electrons. The van der Waals surface area contributed by atoms with Crippen molar-refractivity contribution in [1.29, 1.82) is 0 Å². The molecule has 0 radical (unpaired) electrons. The first-order valence-corrected chi connectivity index (χ1v) is 9.31. The first-order chi connectivity index (χ1) is 11.3. The maximum Gasteiger partial charge on any atom is 0.252 e. The lowest BCUT2D eigenvalue weighted by atomic mass is 10.1. The van der Waals surface area contributed by atoms with Crippen LogP contribution in [0.2, 0.25) is 5.02 Å². The van der Waals surface area contributed by atoms with Crippen molar-refractivity contribution in [3.63, 3.8) is 0 Å². The largest absolute Gasteiger partial charge is 0.350 e. The molecule has 0 spiro atoms. The molecule has 0 unspecified atom stereocenters. The van der Waals surface area contributed by atoms with E-state index < -0.39 is 0 Å². The Bertz CT molecular complexity index is 638. The van der Waals surface area contributed by atoms with Crippen molar-refractivity contribution < 1.29 is 4.79 Å². The van der Waals surface area contributed by atoms with Gasteiger partial charge in [0.2, 0.25) is 0 Å². The van der Waals surface area contributed by atoms with Gasteiger partial charge in [0.25, 0.3) is 5.91 Å². The Kier molecular flexibility index (Phi) is 5.70. The summed E-state index contributed by atoms with van der Waals surface area (Å²) in [6.07, 6.45) is 3.78. The Morgan fingerprint density at radius 2 is 1.96 bits per heavy atom. The minimum absolute atomic E-state index is 0.103. The fraction of sp³-hybridized carbons (Fsp3) is 0.389. The normalized spacial score (nSPS) is 16.9. The van der Waals surface area contributed by atoms with Crippen molar-refractivity contribution >= 4 is 28.8 Å². The lowest BCUT2D eigenvalue weighted by Crippen LogP contribution is -2.40. The van der Waals surface area contributed by atoms with E-state index in [4.69, 9.17) is 11.6 Å². The maximum absolute atomic E-state index is 12.4. The highest BCUT2D eigenvalue weighted by Crippen LogP contribution is 2.27. The van der Waals surface area contributed by atoms with Gasteiger partial charge >= 0.3 is 0 Å². The number of hydrogen-bond donors (Lipinski definition) is 1. The van der Waals surface area contributed by atoms with Crippen molar-refractivity contribution in [3.8, 4) is 0 Å². The number of carbonyl (C=O) groups excluding carboxylic acids is 1. The standard InChI is InChI=1S/C18H21ClN2OS/c19-15-8-3-2-7-14(15)18(22)20-13-16(17-9-6-12-23-17)21-10-4-1-5-11-21/h2-3,6-9,12,16H,1,4-5,10-11,13H2,(H,20,22)/t16-/m1/s1. The number of carbonyl (C=O) groups is 1. The van der Waals surface area contributed by atoms with E-state index in [-0.39, 0.29) is 11.9 Å². The summed E-state index contributed by atoms with van der Waals surface area (Å²) in [7, 11) is 0. The molecule has 5 heteroatoms. The van der Waals surface area contributed by atoms with Crippen LogP contribution in [0, 0.1) is 0 Å². The number of nitrogens with zero attached hydrogens (tertiary/aromatic N) is 1. The van der Waals surface area contributed by atoms with E-state index in [1.165, 1.54) is 24.1 Å². The summed E-state index contributed by atoms with van der Waals surface area (Å²) in [6.45, 7) is 2.82. The monoisotopic (exact) mass is 348 g/mol. The van der Waals surface area contributed by atoms with Crippen LogP contribution in [0.5, 0.6) is 0 Å². The summed E-state index contributed by atoms with van der Waals surface area (Å²) in [6, 6.07) is 11.7. The number of benzene rings is 1. The van der Waals surface area contributed by atoms with Crippen LogP contribution in [0.15, 0.2) is 41.8 Å². The molecule has 1 fully saturated rings. The Morgan fingerprint density at radius 3 is 2.65 bits per heavy atom. The zero-order valence-electron chi connectivity index (χ0n) is 13.0. The van der Waals surface area contributed by atoms with Gasteiger partial charge in [-0.2, -0.15) is 0 Å². The molecule has 1 N–H and O–H groups in total. The van der Waals surface area contributed by atoms with Gasteiger partial charge in [-0.05, 0) is 49.5 Å². The molecule has 1 aliphatic rings. The Hall–Kier alpha value is -1.36. The fourth-order valence-corrected chi connectivity index (χ4v) is 4.13. The van der Waals surface area contributed by atoms with Crippen molar-refractivity contribution in [2.75, 3.05) is 19.6 Å². The molecule has 1 aromatic carbocycles. The highest BCUT2D eigenvalue weighted by atomic mass is 35.5. The summed E-state index contributed by atoms with van der Waals surface area (Å²) in [5, 5.41) is 5.66. The molecule has 1 saturated heterocycles. The van der Waals surface area contributed by atoms with E-state index in [1.807, 2.05) is 12.1 Å². The predicted octanol–water partition coefficient (Wildman–Crippen LogP) is 4.36. The Balaban J connectivity index is 1.69. The minimum atomic E-state index is -0.103. The topological polar surface area (TPSA) is 32.3 Å². The number of piperidine rings is 1. The molecule has 3 rings (SSSR count). The summed E-state index contributed by atoms with van der Waals surface area (Å²) in [5.41, 5.74) is 0.540. The zero-order chi connectivity index (χ0) is 16.1. The second-order valence-corrected chi connectivity index (χ2v) is 7.20. The van der Waals surface area contributed by atoms with E-state index in [0.717, 1.165) is 13.1 Å². The highest BCUT2D eigenvalue weighted by molar-refractivity contribution is 7.10. The molecular weight excluding hydrogens is 328 g/mol. The summed E-state index contributed by atoms with van der Waals surface area (Å²) >= 11 is 7.87. The van der Waals surface area contributed by atoms with Crippen molar-refractivity contribution in [1.82, 2.24) is 10.2 Å². The van der Waals surface area contributed by atoms with Gasteiger partial charge in [-0.25, -0.2) is 0 Å². The summed E-state index contributed by atoms with van der Waals surface area (Å²) < 4.78 is 0. The zero-order valence-corrected chi connectivity index (χ0v) is 14.6. The van der Waals surface area contributed by atoms with E-state index in [0.29, 0.717) is 17.1 Å². The molecule has 23 heavy (non-hydrogen) atoms. The lowest BCUT2D eigenvalue weighted by Gasteiger charge is -2.34. The molecule has 2 aromatic rings. The van der Waals surface area contributed by atoms with Gasteiger partial charge < -0.3 is 5.32 Å². The number of hydrogen-bond acceptors (Lipinski definition) is 3. The average Bonchev–Trinajstić information content (AvgIpc) is 3.10. The average molecular weight is 349 g/mol. The van der Waals surface area contributed by atoms with E-state index in [2.05, 4.69) is 27.7 Å². The van der Waals surface area contributed by atoms with Gasteiger partial charge in [0.15, 0.2) is 0 Å². The Labute approximate surface area is 146 Å². The first-order valence-electron chi connectivity index (χ1n) is 8.06. The van der Waals surface area contributed by atoms with Crippen LogP contribution in [0.1, 0.15) is 40.5 Å². The van der Waals surface area contributed by atoms with Crippen molar-refractivity contribution in [2.24, 2.45) is 0 Å². The van der Waals surface area contributed by atoms with Gasteiger partial charge in [-0.3, -0.25) is 9.69 Å². The molecular formula is C18H21ClN2OS. The van der Waals surface area contributed by atoms with Gasteiger partial charge in [0.1, 0.15) is 0 Å². The first kappa shape index (κ1) is 16.5. The fourth-order valence-electron chi connectivity index (χ4n) is 3.05. The smallest absolute Gasteiger partial charge is 0.252 e. The van der Waals surface area contributed by atoms with Gasteiger partial charge in [-0.15, -0.1) is 11.3 Å². The highest BCUT2D eigenvalue weighted by Gasteiger charge is 2.24. The lowest BCUT2D eigenvalue weighted by molar-refractivity contribution is 0.0926. The number of nitrogens with one attached hydrogen (secondary N) is 1. The molecule has 3 nitrogen and oxygen atoms in total. The van der Waals surface area contributed by atoms with E-state index in [1.54, 1.807) is 23.5 Å². The molecule has 1 aromatic heterocycles. The third-order valence-electron chi connectivity index (χ3n) is 4.28. The number of rotatable bonds is 5. The third kappa shape index (κ3) is 4.14. The maximum atomic E-state index is 12.4. The summed E-state index contributed by atoms with van der Waals surface area (Å²) in [4.78, 5) is 16.2. The van der Waals surface area contributed by atoms with Crippen LogP contribution in [0.3, 0.4) is 0 Å². The number of amides is 1. The van der Waals surface area contributed by atoms with E-state index >= 15 is 0 Å². The van der Waals surface area contributed by atoms with Crippen LogP contribution in [-0.4, -0.2) is 30.4 Å². The molecule has 1 aliphatic heterocycles. The van der Waals surface area contributed by atoms with Crippen molar-refractivity contribution in [2.45, 2.75) is 25.3 Å². The van der Waals surface area contributed by atoms with E-state index in [9.17, 15) is 4.79 Å². The molecule has 0 aliphatic carbocycles. The molecule has 2 heterocycles. The van der Waals surface area contributed by atoms with Gasteiger partial charge in [-0.1, -0.05) is 36.2 Å². The predicted molar refractivity (Wildman–Crippen MR) is 96.3 cm³/mol. The van der Waals surface area contributed by atoms with Crippen LogP contribution in [-0.2, 0) is 0 Å². The molecule has 1 amide bonds. The van der Waals surface area contributed by atoms with Crippen LogP contribution in [0.25, 0.3) is 0 Å². The third-order valence-corrected chi connectivity index (χ3v) is 5.58.